The monoisotopic (exact) mass is 293 g/mol. The number of aromatic nitrogens is 2. The predicted molar refractivity (Wildman–Crippen MR) is 87.0 cm³/mol. The van der Waals surface area contributed by atoms with E-state index in [0.717, 1.165) is 22.5 Å². The number of nitrogens with zero attached hydrogens (tertiary/aromatic N) is 2. The van der Waals surface area contributed by atoms with Gasteiger partial charge in [0.25, 0.3) is 5.91 Å². The summed E-state index contributed by atoms with van der Waals surface area (Å²) in [5, 5.41) is 2.97. The molecule has 0 fully saturated rings. The van der Waals surface area contributed by atoms with Crippen LogP contribution in [0.5, 0.6) is 0 Å². The van der Waals surface area contributed by atoms with Crippen LogP contribution in [-0.2, 0) is 6.54 Å². The highest BCUT2D eigenvalue weighted by molar-refractivity contribution is 5.94. The normalized spacial score (nSPS) is 10.9. The van der Waals surface area contributed by atoms with Crippen LogP contribution in [0.25, 0.3) is 5.65 Å². The molecule has 3 rings (SSSR count). The van der Waals surface area contributed by atoms with Gasteiger partial charge in [0.05, 0.1) is 5.69 Å². The second-order valence-corrected chi connectivity index (χ2v) is 5.58. The van der Waals surface area contributed by atoms with E-state index in [9.17, 15) is 4.79 Å². The van der Waals surface area contributed by atoms with Crippen molar-refractivity contribution in [3.05, 3.63) is 70.7 Å². The van der Waals surface area contributed by atoms with Crippen LogP contribution in [0, 0.1) is 20.8 Å². The van der Waals surface area contributed by atoms with Gasteiger partial charge in [-0.2, -0.15) is 0 Å². The third-order valence-electron chi connectivity index (χ3n) is 3.91. The van der Waals surface area contributed by atoms with Crippen molar-refractivity contribution in [2.75, 3.05) is 0 Å². The molecule has 4 heteroatoms. The highest BCUT2D eigenvalue weighted by atomic mass is 16.1. The first-order valence-electron chi connectivity index (χ1n) is 7.34. The molecule has 0 atom stereocenters. The van der Waals surface area contributed by atoms with E-state index in [4.69, 9.17) is 0 Å². The molecule has 0 aliphatic carbocycles. The van der Waals surface area contributed by atoms with Crippen molar-refractivity contribution in [3.8, 4) is 0 Å². The van der Waals surface area contributed by atoms with Crippen LogP contribution in [0.2, 0.25) is 0 Å². The number of imidazole rings is 1. The summed E-state index contributed by atoms with van der Waals surface area (Å²) in [7, 11) is 0. The van der Waals surface area contributed by atoms with Crippen molar-refractivity contribution in [2.24, 2.45) is 0 Å². The average molecular weight is 293 g/mol. The fourth-order valence-corrected chi connectivity index (χ4v) is 2.54. The van der Waals surface area contributed by atoms with Crippen LogP contribution in [0.1, 0.15) is 32.9 Å². The van der Waals surface area contributed by atoms with Gasteiger partial charge in [0.1, 0.15) is 11.3 Å². The molecule has 2 aromatic heterocycles. The Hall–Kier alpha value is -2.62. The number of hydrogen-bond donors (Lipinski definition) is 1. The third kappa shape index (κ3) is 2.60. The van der Waals surface area contributed by atoms with Gasteiger partial charge in [-0.05, 0) is 43.5 Å². The molecular formula is C18H19N3O. The summed E-state index contributed by atoms with van der Waals surface area (Å²) >= 11 is 0. The van der Waals surface area contributed by atoms with Gasteiger partial charge in [-0.1, -0.05) is 30.3 Å². The van der Waals surface area contributed by atoms with Gasteiger partial charge in [-0.3, -0.25) is 9.20 Å². The number of carbonyl (C=O) groups is 1. The van der Waals surface area contributed by atoms with Crippen molar-refractivity contribution in [1.82, 2.24) is 14.7 Å². The molecule has 3 aromatic rings. The van der Waals surface area contributed by atoms with Crippen molar-refractivity contribution in [3.63, 3.8) is 0 Å². The largest absolute Gasteiger partial charge is 0.347 e. The Morgan fingerprint density at radius 2 is 1.86 bits per heavy atom. The molecule has 0 aliphatic heterocycles. The number of amides is 1. The fraction of sp³-hybridized carbons (Fsp3) is 0.222. The molecule has 1 N–H and O–H groups in total. The van der Waals surface area contributed by atoms with Gasteiger partial charge >= 0.3 is 0 Å². The van der Waals surface area contributed by atoms with E-state index in [1.807, 2.05) is 60.8 Å². The molecule has 0 aliphatic rings. The summed E-state index contributed by atoms with van der Waals surface area (Å²) in [6, 6.07) is 11.9. The lowest BCUT2D eigenvalue weighted by molar-refractivity contribution is 0.0944. The van der Waals surface area contributed by atoms with Gasteiger partial charge in [-0.25, -0.2) is 4.98 Å². The van der Waals surface area contributed by atoms with E-state index in [0.29, 0.717) is 12.2 Å². The second kappa shape index (κ2) is 5.64. The first-order chi connectivity index (χ1) is 10.6. The number of aryl methyl sites for hydroxylation is 3. The first kappa shape index (κ1) is 14.3. The molecule has 0 bridgehead atoms. The Kier molecular flexibility index (Phi) is 3.67. The zero-order valence-electron chi connectivity index (χ0n) is 13.1. The molecule has 2 heterocycles. The van der Waals surface area contributed by atoms with E-state index in [1.165, 1.54) is 5.56 Å². The highest BCUT2D eigenvalue weighted by Crippen LogP contribution is 2.16. The number of pyridine rings is 1. The first-order valence-corrected chi connectivity index (χ1v) is 7.34. The average Bonchev–Trinajstić information content (AvgIpc) is 2.81. The quantitative estimate of drug-likeness (QED) is 0.806. The molecule has 0 saturated heterocycles. The Balaban J connectivity index is 1.90. The lowest BCUT2D eigenvalue weighted by atomic mass is 10.2. The second-order valence-electron chi connectivity index (χ2n) is 5.58. The van der Waals surface area contributed by atoms with Gasteiger partial charge in [0.2, 0.25) is 0 Å². The number of benzene rings is 1. The Morgan fingerprint density at radius 1 is 1.14 bits per heavy atom. The van der Waals surface area contributed by atoms with Crippen molar-refractivity contribution >= 4 is 11.6 Å². The summed E-state index contributed by atoms with van der Waals surface area (Å²) in [5.41, 5.74) is 5.56. The Morgan fingerprint density at radius 3 is 2.59 bits per heavy atom. The minimum Gasteiger partial charge on any atom is -0.347 e. The summed E-state index contributed by atoms with van der Waals surface area (Å²) < 4.78 is 1.87. The highest BCUT2D eigenvalue weighted by Gasteiger charge is 2.16. The van der Waals surface area contributed by atoms with E-state index >= 15 is 0 Å². The van der Waals surface area contributed by atoms with Crippen LogP contribution in [0.15, 0.2) is 42.6 Å². The number of fused-ring (bicyclic) bond motifs is 1. The minimum atomic E-state index is -0.0999. The SMILES string of the molecule is Cc1cc2nc(C)c(C(=O)NCc3ccccc3)n2cc1C. The summed E-state index contributed by atoms with van der Waals surface area (Å²) in [5.74, 6) is -0.0999. The van der Waals surface area contributed by atoms with Crippen LogP contribution in [0.4, 0.5) is 0 Å². The maximum absolute atomic E-state index is 12.5. The summed E-state index contributed by atoms with van der Waals surface area (Å²) in [6.45, 7) is 6.47. The summed E-state index contributed by atoms with van der Waals surface area (Å²) in [6.07, 6.45) is 1.97. The smallest absolute Gasteiger partial charge is 0.270 e. The van der Waals surface area contributed by atoms with E-state index in [2.05, 4.69) is 17.2 Å². The van der Waals surface area contributed by atoms with Gasteiger partial charge in [-0.15, -0.1) is 0 Å². The summed E-state index contributed by atoms with van der Waals surface area (Å²) in [4.78, 5) is 17.0. The van der Waals surface area contributed by atoms with E-state index in [-0.39, 0.29) is 5.91 Å². The van der Waals surface area contributed by atoms with Crippen LogP contribution < -0.4 is 5.32 Å². The van der Waals surface area contributed by atoms with E-state index in [1.54, 1.807) is 0 Å². The molecule has 0 unspecified atom stereocenters. The van der Waals surface area contributed by atoms with Crippen molar-refractivity contribution < 1.29 is 4.79 Å². The number of carbonyl (C=O) groups excluding carboxylic acids is 1. The molecule has 1 aromatic carbocycles. The van der Waals surface area contributed by atoms with Gasteiger partial charge in [0.15, 0.2) is 0 Å². The lowest BCUT2D eigenvalue weighted by Crippen LogP contribution is -2.25. The van der Waals surface area contributed by atoms with Crippen LogP contribution in [-0.4, -0.2) is 15.3 Å². The standard InChI is InChI=1S/C18H19N3O/c1-12-9-16-20-14(3)17(21(16)11-13(12)2)18(22)19-10-15-7-5-4-6-8-15/h4-9,11H,10H2,1-3H3,(H,19,22). The maximum atomic E-state index is 12.5. The maximum Gasteiger partial charge on any atom is 0.270 e. The predicted octanol–water partition coefficient (Wildman–Crippen LogP) is 3.19. The lowest BCUT2D eigenvalue weighted by Gasteiger charge is -2.07. The fourth-order valence-electron chi connectivity index (χ4n) is 2.54. The van der Waals surface area contributed by atoms with Crippen LogP contribution >= 0.6 is 0 Å². The topological polar surface area (TPSA) is 46.4 Å². The van der Waals surface area contributed by atoms with E-state index < -0.39 is 0 Å². The Labute approximate surface area is 129 Å². The van der Waals surface area contributed by atoms with Crippen molar-refractivity contribution in [1.29, 1.82) is 0 Å². The molecular weight excluding hydrogens is 274 g/mol. The zero-order chi connectivity index (χ0) is 15.7. The van der Waals surface area contributed by atoms with Gasteiger partial charge < -0.3 is 5.32 Å². The molecule has 1 amide bonds. The number of nitrogens with one attached hydrogen (secondary N) is 1. The third-order valence-corrected chi connectivity index (χ3v) is 3.91. The Bertz CT molecular complexity index is 834. The molecule has 0 radical (unpaired) electrons. The molecule has 0 saturated carbocycles. The number of rotatable bonds is 3. The molecule has 0 spiro atoms. The zero-order valence-corrected chi connectivity index (χ0v) is 13.1. The number of hydrogen-bond acceptors (Lipinski definition) is 2. The van der Waals surface area contributed by atoms with Crippen molar-refractivity contribution in [2.45, 2.75) is 27.3 Å². The molecule has 112 valence electrons. The molecule has 4 nitrogen and oxygen atoms in total. The van der Waals surface area contributed by atoms with Gasteiger partial charge in [0, 0.05) is 12.7 Å². The van der Waals surface area contributed by atoms with Crippen LogP contribution in [0.3, 0.4) is 0 Å². The molecule has 22 heavy (non-hydrogen) atoms. The minimum absolute atomic E-state index is 0.0999.